The van der Waals surface area contributed by atoms with Crippen LogP contribution >= 0.6 is 27.4 Å². The first kappa shape index (κ1) is 53.4. The van der Waals surface area contributed by atoms with Crippen LogP contribution < -0.4 is 36.9 Å². The van der Waals surface area contributed by atoms with Crippen molar-refractivity contribution in [2.24, 2.45) is 5.73 Å². The van der Waals surface area contributed by atoms with E-state index in [9.17, 15) is 58.5 Å². The van der Waals surface area contributed by atoms with Crippen LogP contribution in [0, 0.1) is 0 Å². The minimum Gasteiger partial charge on any atom is -0.387 e. The molecule has 5 amide bonds. The number of pyridine rings is 1. The van der Waals surface area contributed by atoms with Crippen molar-refractivity contribution < 1.29 is 85.9 Å². The molecular formula is C39H58N11O17P2S+. The van der Waals surface area contributed by atoms with Crippen molar-refractivity contribution in [1.82, 2.24) is 40.8 Å². The van der Waals surface area contributed by atoms with Crippen molar-refractivity contribution in [1.29, 1.82) is 0 Å². The first-order valence-corrected chi connectivity index (χ1v) is 26.6. The van der Waals surface area contributed by atoms with Crippen LogP contribution in [0.3, 0.4) is 0 Å². The summed E-state index contributed by atoms with van der Waals surface area (Å²) in [6, 6.07) is 3.09. The molecule has 386 valence electrons. The van der Waals surface area contributed by atoms with Crippen LogP contribution in [0.15, 0.2) is 37.2 Å². The van der Waals surface area contributed by atoms with Crippen molar-refractivity contribution in [2.75, 3.05) is 43.9 Å². The number of phosphoric acid groups is 2. The van der Waals surface area contributed by atoms with E-state index in [0.717, 1.165) is 50.7 Å². The third-order valence-corrected chi connectivity index (χ3v) is 16.1. The number of primary amides is 1. The van der Waals surface area contributed by atoms with E-state index >= 15 is 0 Å². The van der Waals surface area contributed by atoms with E-state index in [1.165, 1.54) is 46.3 Å². The Morgan fingerprint density at radius 2 is 1.57 bits per heavy atom. The lowest BCUT2D eigenvalue weighted by atomic mass is 10.0. The molecule has 4 fully saturated rings. The van der Waals surface area contributed by atoms with E-state index in [2.05, 4.69) is 45.8 Å². The lowest BCUT2D eigenvalue weighted by molar-refractivity contribution is -0.765. The van der Waals surface area contributed by atoms with Gasteiger partial charge in [-0.3, -0.25) is 28.0 Å². The molecule has 3 aromatic heterocycles. The second-order valence-corrected chi connectivity index (χ2v) is 21.3. The van der Waals surface area contributed by atoms with Crippen molar-refractivity contribution >= 4 is 68.1 Å². The zero-order valence-corrected chi connectivity index (χ0v) is 40.1. The van der Waals surface area contributed by atoms with Gasteiger partial charge in [0.05, 0.1) is 38.2 Å². The lowest BCUT2D eigenvalue weighted by Crippen LogP contribution is -2.46. The number of carbonyl (C=O) groups excluding carboxylic acids is 4. The Morgan fingerprint density at radius 3 is 2.29 bits per heavy atom. The summed E-state index contributed by atoms with van der Waals surface area (Å²) < 4.78 is 53.0. The molecule has 13 unspecified atom stereocenters. The number of hydrogen-bond acceptors (Lipinski definition) is 20. The van der Waals surface area contributed by atoms with Gasteiger partial charge in [0, 0.05) is 36.6 Å². The number of thioether (sulfide) groups is 1. The van der Waals surface area contributed by atoms with Crippen LogP contribution in [-0.4, -0.2) is 166 Å². The Kier molecular flexibility index (Phi) is 18.2. The largest absolute Gasteiger partial charge is 0.481 e. The fourth-order valence-corrected chi connectivity index (χ4v) is 12.0. The SMILES string of the molecule is NC(=O)c1ccc[n+](C2OC(COP(=O)(O)OP(=O)(O)OCC3OC(n4cnc5c(NCC(=O)NCCCCCCNC(=O)CCCCC6SCC7NC(=O)NC76)ncnc54)C(O)C3O)C(O)C2O)c1. The predicted octanol–water partition coefficient (Wildman–Crippen LogP) is -1.67. The van der Waals surface area contributed by atoms with Gasteiger partial charge in [0.2, 0.25) is 11.8 Å². The molecule has 31 heteroatoms. The highest BCUT2D eigenvalue weighted by Crippen LogP contribution is 2.61. The molecule has 13 N–H and O–H groups in total. The molecule has 0 aliphatic carbocycles. The number of aromatic nitrogens is 5. The van der Waals surface area contributed by atoms with Gasteiger partial charge in [-0.2, -0.15) is 20.6 Å². The van der Waals surface area contributed by atoms with Crippen LogP contribution in [-0.2, 0) is 41.6 Å². The number of hydrogen-bond donors (Lipinski definition) is 12. The van der Waals surface area contributed by atoms with Gasteiger partial charge < -0.3 is 72.0 Å². The highest BCUT2D eigenvalue weighted by atomic mass is 32.2. The fraction of sp³-hybridized carbons (Fsp3) is 0.641. The molecular weight excluding hydrogens is 989 g/mol. The van der Waals surface area contributed by atoms with E-state index in [1.807, 2.05) is 11.8 Å². The van der Waals surface area contributed by atoms with Gasteiger partial charge in [0.25, 0.3) is 12.1 Å². The monoisotopic (exact) mass is 1050 g/mol. The summed E-state index contributed by atoms with van der Waals surface area (Å²) in [6.45, 7) is -1.03. The molecule has 13 atom stereocenters. The molecule has 7 heterocycles. The highest BCUT2D eigenvalue weighted by molar-refractivity contribution is 8.00. The third kappa shape index (κ3) is 13.7. The number of aliphatic hydroxyl groups excluding tert-OH is 4. The molecule has 0 spiro atoms. The molecule has 0 saturated carbocycles. The van der Waals surface area contributed by atoms with Gasteiger partial charge >= 0.3 is 21.7 Å². The number of anilines is 1. The van der Waals surface area contributed by atoms with Crippen LogP contribution in [0.1, 0.15) is 74.2 Å². The molecule has 4 saturated heterocycles. The highest BCUT2D eigenvalue weighted by Gasteiger charge is 2.50. The zero-order valence-electron chi connectivity index (χ0n) is 37.5. The number of nitrogens with zero attached hydrogens (tertiary/aromatic N) is 5. The molecule has 70 heavy (non-hydrogen) atoms. The first-order valence-electron chi connectivity index (χ1n) is 22.5. The van der Waals surface area contributed by atoms with Crippen LogP contribution in [0.5, 0.6) is 0 Å². The van der Waals surface area contributed by atoms with Crippen molar-refractivity contribution in [3.63, 3.8) is 0 Å². The Balaban J connectivity index is 0.775. The smallest absolute Gasteiger partial charge is 0.387 e. The topological polar surface area (TPSA) is 404 Å². The quantitative estimate of drug-likeness (QED) is 0.0185. The number of phosphoric ester groups is 2. The maximum Gasteiger partial charge on any atom is 0.481 e. The summed E-state index contributed by atoms with van der Waals surface area (Å²) in [4.78, 5) is 81.0. The number of unbranched alkanes of at least 4 members (excludes halogenated alkanes) is 4. The van der Waals surface area contributed by atoms with Gasteiger partial charge in [0.15, 0.2) is 41.7 Å². The van der Waals surface area contributed by atoms with Crippen LogP contribution in [0.25, 0.3) is 11.2 Å². The number of carbonyl (C=O) groups is 4. The van der Waals surface area contributed by atoms with E-state index in [-0.39, 0.29) is 59.0 Å². The van der Waals surface area contributed by atoms with Gasteiger partial charge in [-0.15, -0.1) is 0 Å². The molecule has 3 aromatic rings. The number of fused-ring (bicyclic) bond motifs is 2. The number of nitrogens with one attached hydrogen (secondary N) is 5. The Bertz CT molecular complexity index is 2430. The normalized spacial score (nSPS) is 28.9. The molecule has 0 aromatic carbocycles. The van der Waals surface area contributed by atoms with Crippen LogP contribution in [0.4, 0.5) is 10.6 Å². The summed E-state index contributed by atoms with van der Waals surface area (Å²) in [5.41, 5.74) is 5.63. The molecule has 7 rings (SSSR count). The van der Waals surface area contributed by atoms with Crippen molar-refractivity contribution in [3.05, 3.63) is 42.7 Å². The fourth-order valence-electron chi connectivity index (χ4n) is 8.34. The number of rotatable bonds is 26. The summed E-state index contributed by atoms with van der Waals surface area (Å²) >= 11 is 1.87. The van der Waals surface area contributed by atoms with Gasteiger partial charge in [-0.1, -0.05) is 19.3 Å². The third-order valence-electron chi connectivity index (χ3n) is 12.0. The molecule has 0 radical (unpaired) electrons. The Morgan fingerprint density at radius 1 is 0.886 bits per heavy atom. The predicted molar refractivity (Wildman–Crippen MR) is 242 cm³/mol. The standard InChI is InChI=1S/C39H57N11O17P2S/c40-34(57)21-8-7-13-49(15-21)37-32(55)30(53)23(65-37)16-63-68(59,60)67-69(61,62)64-17-24-31(54)33(56)38(66-24)50-20-46-29-35(44-19-45-36(29)50)43-14-27(52)42-12-6-2-1-5-11-41-26(51)10-4-3-9-25-28-22(18-70-25)47-39(58)48-28/h7-8,13,15,19-20,22-25,28,30-33,37-38,53-56H,1-6,9-12,14,16-18H2,(H8-,40,41,42,43,44,45,47,48,51,52,57,58,59,60,61,62)/p+1. The number of amides is 5. The minimum atomic E-state index is -5.46. The van der Waals surface area contributed by atoms with Gasteiger partial charge in [-0.25, -0.2) is 28.9 Å². The van der Waals surface area contributed by atoms with Gasteiger partial charge in [0.1, 0.15) is 42.4 Å². The van der Waals surface area contributed by atoms with Crippen molar-refractivity contribution in [3.8, 4) is 0 Å². The summed E-state index contributed by atoms with van der Waals surface area (Å²) in [7, 11) is -10.9. The van der Waals surface area contributed by atoms with E-state index in [4.69, 9.17) is 24.3 Å². The number of ether oxygens (including phenoxy) is 2. The maximum absolute atomic E-state index is 12.7. The Hall–Kier alpha value is -4.45. The molecule has 28 nitrogen and oxygen atoms in total. The van der Waals surface area contributed by atoms with Gasteiger partial charge in [-0.05, 0) is 31.7 Å². The second kappa shape index (κ2) is 23.8. The number of aliphatic hydroxyl groups is 4. The average Bonchev–Trinajstić information content (AvgIpc) is 4.13. The first-order chi connectivity index (χ1) is 33.4. The average molecular weight is 1050 g/mol. The van der Waals surface area contributed by atoms with Crippen molar-refractivity contribution in [2.45, 2.75) is 118 Å². The van der Waals surface area contributed by atoms with E-state index in [0.29, 0.717) is 24.8 Å². The minimum absolute atomic E-state index is 0.0278. The summed E-state index contributed by atoms with van der Waals surface area (Å²) in [6.07, 6.45) is -0.870. The number of imidazole rings is 1. The number of nitrogens with two attached hydrogens (primary N) is 1. The molecule has 4 aliphatic heterocycles. The van der Waals surface area contributed by atoms with Crippen LogP contribution in [0.2, 0.25) is 0 Å². The molecule has 0 bridgehead atoms. The van der Waals surface area contributed by atoms with E-state index in [1.54, 1.807) is 0 Å². The zero-order chi connectivity index (χ0) is 50.2. The molecule has 4 aliphatic rings. The van der Waals surface area contributed by atoms with E-state index < -0.39 is 83.8 Å². The number of urea groups is 1. The summed E-state index contributed by atoms with van der Waals surface area (Å²) in [5, 5.41) is 57.6. The maximum atomic E-state index is 12.7. The summed E-state index contributed by atoms with van der Waals surface area (Å²) in [5.74, 6) is 0.0198. The Labute approximate surface area is 404 Å². The second-order valence-electron chi connectivity index (χ2n) is 17.0. The lowest BCUT2D eigenvalue weighted by Gasteiger charge is -2.20.